The number of hydrogen-bond acceptors (Lipinski definition) is 7. The van der Waals surface area contributed by atoms with Gasteiger partial charge >= 0.3 is 12.1 Å². The van der Waals surface area contributed by atoms with Gasteiger partial charge in [0.1, 0.15) is 22.5 Å². The summed E-state index contributed by atoms with van der Waals surface area (Å²) in [5.41, 5.74) is 6.04. The van der Waals surface area contributed by atoms with E-state index in [1.165, 1.54) is 0 Å². The van der Waals surface area contributed by atoms with Crippen molar-refractivity contribution in [1.82, 2.24) is 10.8 Å². The summed E-state index contributed by atoms with van der Waals surface area (Å²) < 4.78 is 28.4. The van der Waals surface area contributed by atoms with Crippen LogP contribution >= 0.6 is 0 Å². The van der Waals surface area contributed by atoms with Gasteiger partial charge in [0.05, 0.1) is 5.75 Å². The fourth-order valence-electron chi connectivity index (χ4n) is 3.62. The number of carbonyl (C=O) groups is 3. The standard InChI is InChI=1S/C22H24N2O8S/c1-33(29,30)11-10-19(21(27)24-32-13-20(25)26)23-22(28)31-12-18-16-8-4-2-6-14(16)15-7-3-5-9-17(15)18/h2-9,18-19H,10-13H2,1H3,(H,23,28)(H,24,27)(H,25,26). The maximum atomic E-state index is 12.4. The Labute approximate surface area is 190 Å². The Morgan fingerprint density at radius 3 is 2.15 bits per heavy atom. The molecule has 2 aromatic rings. The molecule has 1 atom stereocenters. The predicted octanol–water partition coefficient (Wildman–Crippen LogP) is 1.46. The average Bonchev–Trinajstić information content (AvgIpc) is 3.08. The van der Waals surface area contributed by atoms with E-state index in [2.05, 4.69) is 10.2 Å². The molecule has 0 spiro atoms. The van der Waals surface area contributed by atoms with E-state index in [4.69, 9.17) is 9.84 Å². The maximum Gasteiger partial charge on any atom is 0.407 e. The summed E-state index contributed by atoms with van der Waals surface area (Å²) in [5, 5.41) is 10.9. The number of alkyl carbamates (subject to hydrolysis) is 1. The third-order valence-electron chi connectivity index (χ3n) is 5.10. The summed E-state index contributed by atoms with van der Waals surface area (Å²) in [6, 6.07) is 14.3. The van der Waals surface area contributed by atoms with Crippen LogP contribution in [-0.2, 0) is 29.0 Å². The van der Waals surface area contributed by atoms with Gasteiger partial charge in [0, 0.05) is 12.2 Å². The first-order valence-corrected chi connectivity index (χ1v) is 12.1. The Balaban J connectivity index is 1.65. The van der Waals surface area contributed by atoms with E-state index in [1.54, 1.807) is 0 Å². The van der Waals surface area contributed by atoms with E-state index in [0.717, 1.165) is 28.5 Å². The van der Waals surface area contributed by atoms with Crippen LogP contribution in [0, 0.1) is 0 Å². The predicted molar refractivity (Wildman–Crippen MR) is 118 cm³/mol. The second-order valence-corrected chi connectivity index (χ2v) is 9.85. The lowest BCUT2D eigenvalue weighted by molar-refractivity contribution is -0.150. The molecule has 1 aliphatic rings. The number of hydrogen-bond donors (Lipinski definition) is 3. The van der Waals surface area contributed by atoms with Gasteiger partial charge in [-0.3, -0.25) is 9.63 Å². The molecule has 33 heavy (non-hydrogen) atoms. The molecule has 0 saturated carbocycles. The summed E-state index contributed by atoms with van der Waals surface area (Å²) in [4.78, 5) is 39.8. The fourth-order valence-corrected chi connectivity index (χ4v) is 4.29. The van der Waals surface area contributed by atoms with Gasteiger partial charge < -0.3 is 15.2 Å². The zero-order valence-corrected chi connectivity index (χ0v) is 18.6. The summed E-state index contributed by atoms with van der Waals surface area (Å²) in [6.45, 7) is -0.786. The molecule has 0 fully saturated rings. The summed E-state index contributed by atoms with van der Waals surface area (Å²) >= 11 is 0. The number of nitrogens with one attached hydrogen (secondary N) is 2. The molecule has 0 bridgehead atoms. The van der Waals surface area contributed by atoms with E-state index in [9.17, 15) is 22.8 Å². The van der Waals surface area contributed by atoms with Crippen molar-refractivity contribution in [1.29, 1.82) is 0 Å². The number of rotatable bonds is 10. The summed E-state index contributed by atoms with van der Waals surface area (Å²) in [5.74, 6) is -2.78. The number of carbonyl (C=O) groups excluding carboxylic acids is 2. The molecule has 0 aromatic heterocycles. The Bertz CT molecular complexity index is 1100. The van der Waals surface area contributed by atoms with Crippen LogP contribution in [0.5, 0.6) is 0 Å². The van der Waals surface area contributed by atoms with Gasteiger partial charge in [-0.1, -0.05) is 48.5 Å². The molecule has 2 amide bonds. The normalized spacial score (nSPS) is 13.5. The van der Waals surface area contributed by atoms with Crippen LogP contribution in [0.15, 0.2) is 48.5 Å². The van der Waals surface area contributed by atoms with Gasteiger partial charge in [0.15, 0.2) is 6.61 Å². The van der Waals surface area contributed by atoms with E-state index < -0.39 is 40.5 Å². The molecule has 0 heterocycles. The molecule has 2 aromatic carbocycles. The first-order valence-electron chi connectivity index (χ1n) is 10.1. The van der Waals surface area contributed by atoms with Crippen molar-refractivity contribution in [2.75, 3.05) is 25.2 Å². The van der Waals surface area contributed by atoms with E-state index in [0.29, 0.717) is 0 Å². The molecule has 10 nitrogen and oxygen atoms in total. The highest BCUT2D eigenvalue weighted by molar-refractivity contribution is 7.90. The van der Waals surface area contributed by atoms with Crippen molar-refractivity contribution in [3.05, 3.63) is 59.7 Å². The lowest BCUT2D eigenvalue weighted by Gasteiger charge is -2.19. The van der Waals surface area contributed by atoms with Crippen LogP contribution in [0.2, 0.25) is 0 Å². The van der Waals surface area contributed by atoms with Gasteiger partial charge in [-0.2, -0.15) is 0 Å². The maximum absolute atomic E-state index is 12.4. The number of aliphatic carboxylic acids is 1. The number of sulfone groups is 1. The Morgan fingerprint density at radius 2 is 1.61 bits per heavy atom. The van der Waals surface area contributed by atoms with Crippen molar-refractivity contribution in [3.8, 4) is 11.1 Å². The molecule has 3 rings (SSSR count). The molecule has 0 aliphatic heterocycles. The number of carboxylic acids is 1. The Kier molecular flexibility index (Phi) is 7.67. The summed E-state index contributed by atoms with van der Waals surface area (Å²) in [7, 11) is -3.42. The third kappa shape index (κ3) is 6.53. The number of fused-ring (bicyclic) bond motifs is 3. The lowest BCUT2D eigenvalue weighted by atomic mass is 9.98. The van der Waals surface area contributed by atoms with Gasteiger partial charge in [-0.15, -0.1) is 0 Å². The molecule has 176 valence electrons. The number of hydroxylamine groups is 1. The molecular formula is C22H24N2O8S. The molecule has 0 saturated heterocycles. The first-order chi connectivity index (χ1) is 15.7. The minimum atomic E-state index is -3.42. The summed E-state index contributed by atoms with van der Waals surface area (Å²) in [6.07, 6.45) is -0.162. The quantitative estimate of drug-likeness (QED) is 0.437. The zero-order valence-electron chi connectivity index (χ0n) is 17.8. The van der Waals surface area contributed by atoms with Crippen LogP contribution in [0.25, 0.3) is 11.1 Å². The van der Waals surface area contributed by atoms with Crippen molar-refractivity contribution in [3.63, 3.8) is 0 Å². The zero-order chi connectivity index (χ0) is 24.0. The largest absolute Gasteiger partial charge is 0.479 e. The highest BCUT2D eigenvalue weighted by atomic mass is 32.2. The Morgan fingerprint density at radius 1 is 1.03 bits per heavy atom. The monoisotopic (exact) mass is 476 g/mol. The molecule has 1 aliphatic carbocycles. The van der Waals surface area contributed by atoms with Gasteiger partial charge in [0.2, 0.25) is 0 Å². The van der Waals surface area contributed by atoms with Gasteiger partial charge in [-0.25, -0.2) is 23.5 Å². The number of benzene rings is 2. The highest BCUT2D eigenvalue weighted by Gasteiger charge is 2.30. The topological polar surface area (TPSA) is 148 Å². The first kappa shape index (κ1) is 24.2. The van der Waals surface area contributed by atoms with Gasteiger partial charge in [0.25, 0.3) is 5.91 Å². The van der Waals surface area contributed by atoms with Gasteiger partial charge in [-0.05, 0) is 28.7 Å². The van der Waals surface area contributed by atoms with Crippen LogP contribution < -0.4 is 10.8 Å². The lowest BCUT2D eigenvalue weighted by Crippen LogP contribution is -2.48. The molecule has 3 N–H and O–H groups in total. The van der Waals surface area contributed by atoms with Crippen LogP contribution in [0.4, 0.5) is 4.79 Å². The number of carboxylic acid groups (broad SMARTS) is 1. The van der Waals surface area contributed by atoms with Crippen molar-refractivity contribution < 1.29 is 37.5 Å². The van der Waals surface area contributed by atoms with E-state index in [1.807, 2.05) is 54.0 Å². The highest BCUT2D eigenvalue weighted by Crippen LogP contribution is 2.44. The van der Waals surface area contributed by atoms with E-state index >= 15 is 0 Å². The number of ether oxygens (including phenoxy) is 1. The fraction of sp³-hybridized carbons (Fsp3) is 0.318. The average molecular weight is 477 g/mol. The van der Waals surface area contributed by atoms with E-state index in [-0.39, 0.29) is 24.7 Å². The molecule has 1 unspecified atom stereocenters. The molecular weight excluding hydrogens is 452 g/mol. The van der Waals surface area contributed by atoms with Crippen LogP contribution in [0.1, 0.15) is 23.5 Å². The smallest absolute Gasteiger partial charge is 0.407 e. The van der Waals surface area contributed by atoms with Crippen LogP contribution in [-0.4, -0.2) is 62.8 Å². The van der Waals surface area contributed by atoms with Crippen LogP contribution in [0.3, 0.4) is 0 Å². The van der Waals surface area contributed by atoms with Crippen molar-refractivity contribution >= 4 is 27.8 Å². The SMILES string of the molecule is CS(=O)(=O)CCC(NC(=O)OCC1c2ccccc2-c2ccccc21)C(=O)NOCC(=O)O. The van der Waals surface area contributed by atoms with Crippen molar-refractivity contribution in [2.24, 2.45) is 0 Å². The Hall–Kier alpha value is -3.44. The minimum absolute atomic E-state index is 0.00971. The molecule has 0 radical (unpaired) electrons. The third-order valence-corrected chi connectivity index (χ3v) is 6.08. The molecule has 11 heteroatoms. The minimum Gasteiger partial charge on any atom is -0.479 e. The van der Waals surface area contributed by atoms with Crippen molar-refractivity contribution in [2.45, 2.75) is 18.4 Å². The second-order valence-electron chi connectivity index (χ2n) is 7.59. The second kappa shape index (κ2) is 10.5. The number of amides is 2.